The van der Waals surface area contributed by atoms with Crippen molar-refractivity contribution in [3.8, 4) is 5.69 Å². The van der Waals surface area contributed by atoms with Crippen LogP contribution in [0, 0.1) is 0 Å². The summed E-state index contributed by atoms with van der Waals surface area (Å²) in [6.45, 7) is 0. The summed E-state index contributed by atoms with van der Waals surface area (Å²) in [5, 5.41) is 4.70. The van der Waals surface area contributed by atoms with Gasteiger partial charge in [0, 0.05) is 12.1 Å². The van der Waals surface area contributed by atoms with Crippen LogP contribution in [-0.4, -0.2) is 16.1 Å². The minimum Gasteiger partial charge on any atom is -0.298 e. The van der Waals surface area contributed by atoms with E-state index in [0.717, 1.165) is 36.1 Å². The molecule has 0 amide bonds. The second kappa shape index (κ2) is 6.04. The number of hydrogen-bond acceptors (Lipinski definition) is 2. The highest BCUT2D eigenvalue weighted by atomic mass is 16.1. The maximum Gasteiger partial charge on any atom is 0.153 e. The first kappa shape index (κ1) is 13.1. The Kier molecular flexibility index (Phi) is 3.95. The van der Waals surface area contributed by atoms with Crippen LogP contribution in [0.25, 0.3) is 5.69 Å². The topological polar surface area (TPSA) is 34.9 Å². The van der Waals surface area contributed by atoms with Gasteiger partial charge in [0.1, 0.15) is 0 Å². The highest BCUT2D eigenvalue weighted by Crippen LogP contribution is 2.32. The number of nitrogens with zero attached hydrogens (tertiary/aromatic N) is 2. The average Bonchev–Trinajstić information content (AvgIpc) is 2.75. The van der Waals surface area contributed by atoms with E-state index in [1.54, 1.807) is 0 Å². The molecule has 3 heteroatoms. The number of rotatable bonds is 3. The minimum absolute atomic E-state index is 0.447. The van der Waals surface area contributed by atoms with Crippen molar-refractivity contribution in [1.29, 1.82) is 0 Å². The quantitative estimate of drug-likeness (QED) is 0.620. The SMILES string of the molecule is O=Cc1cn(-c2ccccc2)nc1C1CCCCCC1. The third kappa shape index (κ3) is 2.67. The highest BCUT2D eigenvalue weighted by molar-refractivity contribution is 5.76. The fourth-order valence-electron chi connectivity index (χ4n) is 3.07. The molecule has 0 spiro atoms. The molecule has 104 valence electrons. The van der Waals surface area contributed by atoms with Crippen molar-refractivity contribution in [3.05, 3.63) is 47.8 Å². The Morgan fingerprint density at radius 3 is 2.40 bits per heavy atom. The molecule has 3 rings (SSSR count). The molecule has 0 bridgehead atoms. The molecule has 0 N–H and O–H groups in total. The minimum atomic E-state index is 0.447. The zero-order valence-corrected chi connectivity index (χ0v) is 11.7. The van der Waals surface area contributed by atoms with Crippen molar-refractivity contribution in [2.75, 3.05) is 0 Å². The lowest BCUT2D eigenvalue weighted by molar-refractivity contribution is 0.112. The van der Waals surface area contributed by atoms with Gasteiger partial charge >= 0.3 is 0 Å². The zero-order chi connectivity index (χ0) is 13.8. The molecular formula is C17H20N2O. The fraction of sp³-hybridized carbons (Fsp3) is 0.412. The van der Waals surface area contributed by atoms with Crippen LogP contribution in [0.1, 0.15) is 60.5 Å². The first-order valence-corrected chi connectivity index (χ1v) is 7.48. The lowest BCUT2D eigenvalue weighted by atomic mass is 9.94. The van der Waals surface area contributed by atoms with Crippen molar-refractivity contribution in [1.82, 2.24) is 9.78 Å². The van der Waals surface area contributed by atoms with Gasteiger partial charge in [0.15, 0.2) is 6.29 Å². The molecular weight excluding hydrogens is 248 g/mol. The number of aromatic nitrogens is 2. The van der Waals surface area contributed by atoms with Crippen LogP contribution in [0.5, 0.6) is 0 Å². The van der Waals surface area contributed by atoms with Crippen molar-refractivity contribution in [3.63, 3.8) is 0 Å². The average molecular weight is 268 g/mol. The second-order valence-electron chi connectivity index (χ2n) is 5.56. The van der Waals surface area contributed by atoms with Crippen LogP contribution in [-0.2, 0) is 0 Å². The van der Waals surface area contributed by atoms with Crippen molar-refractivity contribution in [2.45, 2.75) is 44.4 Å². The maximum atomic E-state index is 11.3. The van der Waals surface area contributed by atoms with Crippen LogP contribution in [0.2, 0.25) is 0 Å². The largest absolute Gasteiger partial charge is 0.298 e. The molecule has 2 aromatic rings. The molecule has 1 aromatic heterocycles. The molecule has 1 aliphatic carbocycles. The van der Waals surface area contributed by atoms with Crippen LogP contribution in [0.4, 0.5) is 0 Å². The molecule has 1 saturated carbocycles. The predicted octanol–water partition coefficient (Wildman–Crippen LogP) is 4.12. The van der Waals surface area contributed by atoms with Crippen LogP contribution < -0.4 is 0 Å². The standard InChI is InChI=1S/C17H20N2O/c20-13-15-12-19(16-10-6-3-7-11-16)18-17(15)14-8-4-1-2-5-9-14/h3,6-7,10-14H,1-2,4-5,8-9H2. The van der Waals surface area contributed by atoms with Gasteiger partial charge in [-0.05, 0) is 25.0 Å². The summed E-state index contributed by atoms with van der Waals surface area (Å²) in [7, 11) is 0. The highest BCUT2D eigenvalue weighted by Gasteiger charge is 2.21. The van der Waals surface area contributed by atoms with Gasteiger partial charge in [0.2, 0.25) is 0 Å². The predicted molar refractivity (Wildman–Crippen MR) is 79.4 cm³/mol. The van der Waals surface area contributed by atoms with E-state index in [-0.39, 0.29) is 0 Å². The third-order valence-corrected chi connectivity index (χ3v) is 4.16. The second-order valence-corrected chi connectivity index (χ2v) is 5.56. The Morgan fingerprint density at radius 1 is 1.05 bits per heavy atom. The van der Waals surface area contributed by atoms with Gasteiger partial charge in [-0.15, -0.1) is 0 Å². The lowest BCUT2D eigenvalue weighted by Gasteiger charge is -2.11. The number of carbonyl (C=O) groups excluding carboxylic acids is 1. The molecule has 1 aromatic carbocycles. The van der Waals surface area contributed by atoms with Gasteiger partial charge in [0.05, 0.1) is 16.9 Å². The Balaban J connectivity index is 1.94. The van der Waals surface area contributed by atoms with E-state index >= 15 is 0 Å². The Labute approximate surface area is 119 Å². The molecule has 0 unspecified atom stereocenters. The fourth-order valence-corrected chi connectivity index (χ4v) is 3.07. The first-order chi connectivity index (χ1) is 9.88. The van der Waals surface area contributed by atoms with Gasteiger partial charge in [-0.2, -0.15) is 5.10 Å². The smallest absolute Gasteiger partial charge is 0.153 e. The van der Waals surface area contributed by atoms with E-state index in [4.69, 9.17) is 5.10 Å². The van der Waals surface area contributed by atoms with Gasteiger partial charge < -0.3 is 0 Å². The van der Waals surface area contributed by atoms with Crippen LogP contribution in [0.3, 0.4) is 0 Å². The van der Waals surface area contributed by atoms with Crippen LogP contribution in [0.15, 0.2) is 36.5 Å². The van der Waals surface area contributed by atoms with Gasteiger partial charge in [-0.25, -0.2) is 4.68 Å². The zero-order valence-electron chi connectivity index (χ0n) is 11.7. The van der Waals surface area contributed by atoms with Crippen molar-refractivity contribution < 1.29 is 4.79 Å². The molecule has 1 heterocycles. The van der Waals surface area contributed by atoms with Crippen molar-refractivity contribution >= 4 is 6.29 Å². The summed E-state index contributed by atoms with van der Waals surface area (Å²) in [6.07, 6.45) is 10.3. The number of carbonyl (C=O) groups is 1. The number of para-hydroxylation sites is 1. The first-order valence-electron chi connectivity index (χ1n) is 7.48. The Hall–Kier alpha value is -1.90. The van der Waals surface area contributed by atoms with Gasteiger partial charge in [0.25, 0.3) is 0 Å². The summed E-state index contributed by atoms with van der Waals surface area (Å²) in [4.78, 5) is 11.3. The molecule has 0 saturated heterocycles. The summed E-state index contributed by atoms with van der Waals surface area (Å²) < 4.78 is 1.84. The summed E-state index contributed by atoms with van der Waals surface area (Å²) in [5.41, 5.74) is 2.75. The third-order valence-electron chi connectivity index (χ3n) is 4.16. The maximum absolute atomic E-state index is 11.3. The van der Waals surface area contributed by atoms with E-state index in [9.17, 15) is 4.79 Å². The number of aldehydes is 1. The van der Waals surface area contributed by atoms with Crippen molar-refractivity contribution in [2.24, 2.45) is 0 Å². The lowest BCUT2D eigenvalue weighted by Crippen LogP contribution is -2.02. The molecule has 0 aliphatic heterocycles. The van der Waals surface area contributed by atoms with E-state index in [2.05, 4.69) is 0 Å². The molecule has 0 atom stereocenters. The summed E-state index contributed by atoms with van der Waals surface area (Å²) in [5.74, 6) is 0.447. The number of hydrogen-bond donors (Lipinski definition) is 0. The molecule has 3 nitrogen and oxygen atoms in total. The Morgan fingerprint density at radius 2 is 1.75 bits per heavy atom. The molecule has 20 heavy (non-hydrogen) atoms. The normalized spacial score (nSPS) is 16.8. The van der Waals surface area contributed by atoms with Gasteiger partial charge in [-0.1, -0.05) is 43.9 Å². The monoisotopic (exact) mass is 268 g/mol. The number of benzene rings is 1. The molecule has 1 aliphatic rings. The summed E-state index contributed by atoms with van der Waals surface area (Å²) >= 11 is 0. The van der Waals surface area contributed by atoms with Gasteiger partial charge in [-0.3, -0.25) is 4.79 Å². The van der Waals surface area contributed by atoms with E-state index in [0.29, 0.717) is 5.92 Å². The Bertz CT molecular complexity index is 566. The summed E-state index contributed by atoms with van der Waals surface area (Å²) in [6, 6.07) is 9.99. The van der Waals surface area contributed by atoms with E-state index < -0.39 is 0 Å². The molecule has 0 radical (unpaired) electrons. The van der Waals surface area contributed by atoms with Crippen LogP contribution >= 0.6 is 0 Å². The van der Waals surface area contributed by atoms with E-state index in [1.807, 2.05) is 41.2 Å². The molecule has 1 fully saturated rings. The van der Waals surface area contributed by atoms with E-state index in [1.165, 1.54) is 25.7 Å².